The average molecular weight is 411 g/mol. The van der Waals surface area contributed by atoms with E-state index in [-0.39, 0.29) is 0 Å². The van der Waals surface area contributed by atoms with Crippen LogP contribution in [0.25, 0.3) is 25.7 Å². The Morgan fingerprint density at radius 1 is 1.07 bits per heavy atom. The number of benzene rings is 2. The number of nitrogens with zero attached hydrogens (tertiary/aromatic N) is 4. The molecule has 0 amide bonds. The third-order valence-corrected chi connectivity index (χ3v) is 7.06. The van der Waals surface area contributed by atoms with Crippen LogP contribution in [-0.4, -0.2) is 26.7 Å². The van der Waals surface area contributed by atoms with Crippen molar-refractivity contribution in [1.29, 1.82) is 0 Å². The summed E-state index contributed by atoms with van der Waals surface area (Å²) < 4.78 is 8.56. The highest BCUT2D eigenvalue weighted by Crippen LogP contribution is 2.32. The normalized spacial score (nSPS) is 11.4. The summed E-state index contributed by atoms with van der Waals surface area (Å²) in [6.45, 7) is 0. The molecule has 0 saturated heterocycles. The minimum atomic E-state index is 0.762. The molecule has 5 nitrogen and oxygen atoms in total. The summed E-state index contributed by atoms with van der Waals surface area (Å²) in [4.78, 5) is 5.69. The first-order valence-electron chi connectivity index (χ1n) is 8.26. The number of hydrogen-bond acceptors (Lipinski definition) is 7. The Kier molecular flexibility index (Phi) is 4.31. The lowest BCUT2D eigenvalue weighted by atomic mass is 10.2. The van der Waals surface area contributed by atoms with Crippen molar-refractivity contribution in [3.05, 3.63) is 59.6 Å². The van der Waals surface area contributed by atoms with E-state index in [0.29, 0.717) is 0 Å². The Bertz CT molecular complexity index is 1220. The zero-order valence-corrected chi connectivity index (χ0v) is 16.8. The van der Waals surface area contributed by atoms with Crippen molar-refractivity contribution in [3.8, 4) is 16.3 Å². The van der Waals surface area contributed by atoms with Gasteiger partial charge in [0.05, 0.1) is 23.0 Å². The molecule has 27 heavy (non-hydrogen) atoms. The molecule has 0 bridgehead atoms. The van der Waals surface area contributed by atoms with Gasteiger partial charge in [-0.25, -0.2) is 4.98 Å². The molecule has 8 heteroatoms. The molecule has 3 heterocycles. The zero-order chi connectivity index (χ0) is 18.2. The quantitative estimate of drug-likeness (QED) is 0.365. The van der Waals surface area contributed by atoms with Gasteiger partial charge in [-0.15, -0.1) is 21.5 Å². The van der Waals surface area contributed by atoms with E-state index in [2.05, 4.69) is 38.2 Å². The number of rotatable bonds is 5. The number of para-hydroxylation sites is 1. The fraction of sp³-hybridized carbons (Fsp3) is 0.105. The lowest BCUT2D eigenvalue weighted by Crippen LogP contribution is -1.88. The Hall–Kier alpha value is -2.42. The summed E-state index contributed by atoms with van der Waals surface area (Å²) in [5.74, 6) is 1.61. The highest BCUT2D eigenvalue weighted by Gasteiger charge is 2.13. The summed E-state index contributed by atoms with van der Waals surface area (Å²) >= 11 is 4.98. The molecule has 3 aromatic heterocycles. The highest BCUT2D eigenvalue weighted by molar-refractivity contribution is 7.98. The zero-order valence-electron chi connectivity index (χ0n) is 14.3. The van der Waals surface area contributed by atoms with E-state index in [9.17, 15) is 0 Å². The van der Waals surface area contributed by atoms with Gasteiger partial charge in [0.2, 0.25) is 4.96 Å². The molecule has 2 aromatic carbocycles. The van der Waals surface area contributed by atoms with E-state index in [1.807, 2.05) is 30.3 Å². The van der Waals surface area contributed by atoms with Gasteiger partial charge in [-0.2, -0.15) is 0 Å². The molecule has 0 fully saturated rings. The number of methoxy groups -OCH3 is 1. The van der Waals surface area contributed by atoms with Crippen LogP contribution in [0.3, 0.4) is 0 Å². The van der Waals surface area contributed by atoms with Gasteiger partial charge in [-0.3, -0.25) is 4.40 Å². The first-order chi connectivity index (χ1) is 13.3. The van der Waals surface area contributed by atoms with Crippen molar-refractivity contribution in [3.63, 3.8) is 0 Å². The van der Waals surface area contributed by atoms with Crippen LogP contribution in [0.4, 0.5) is 0 Å². The molecule has 0 aliphatic rings. The lowest BCUT2D eigenvalue weighted by molar-refractivity contribution is 0.415. The van der Waals surface area contributed by atoms with E-state index < -0.39 is 0 Å². The number of ether oxygens (including phenoxy) is 1. The van der Waals surface area contributed by atoms with Crippen LogP contribution in [0.2, 0.25) is 0 Å². The molecular formula is C19H14N4OS3. The Morgan fingerprint density at radius 2 is 1.93 bits per heavy atom. The summed E-state index contributed by atoms with van der Waals surface area (Å²) in [7, 11) is 1.67. The monoisotopic (exact) mass is 410 g/mol. The van der Waals surface area contributed by atoms with Crippen molar-refractivity contribution in [2.24, 2.45) is 0 Å². The van der Waals surface area contributed by atoms with E-state index >= 15 is 0 Å². The lowest BCUT2D eigenvalue weighted by Gasteiger charge is -2.00. The van der Waals surface area contributed by atoms with Gasteiger partial charge in [0.25, 0.3) is 0 Å². The minimum Gasteiger partial charge on any atom is -0.497 e. The Labute approximate surface area is 167 Å². The van der Waals surface area contributed by atoms with Gasteiger partial charge < -0.3 is 4.74 Å². The van der Waals surface area contributed by atoms with Crippen molar-refractivity contribution in [1.82, 2.24) is 19.6 Å². The van der Waals surface area contributed by atoms with Gasteiger partial charge in [0, 0.05) is 16.7 Å². The Balaban J connectivity index is 1.37. The van der Waals surface area contributed by atoms with Crippen LogP contribution in [0.15, 0.2) is 59.1 Å². The third kappa shape index (κ3) is 3.09. The standard InChI is InChI=1S/C19H14N4OS3/c1-24-14-8-6-12(7-9-14)17-20-13(10-25-17)11-26-18-21-22-19-23(18)15-4-2-3-5-16(15)27-19/h2-10H,11H2,1H3. The third-order valence-electron chi connectivity index (χ3n) is 4.15. The number of fused-ring (bicyclic) bond motifs is 3. The molecular weight excluding hydrogens is 396 g/mol. The van der Waals surface area contributed by atoms with Crippen molar-refractivity contribution < 1.29 is 4.74 Å². The summed E-state index contributed by atoms with van der Waals surface area (Å²) in [6, 6.07) is 16.3. The first kappa shape index (κ1) is 16.7. The number of hydrogen-bond donors (Lipinski definition) is 0. The van der Waals surface area contributed by atoms with Gasteiger partial charge >= 0.3 is 0 Å². The van der Waals surface area contributed by atoms with Gasteiger partial charge in [0.15, 0.2) is 5.16 Å². The fourth-order valence-corrected chi connectivity index (χ4v) is 5.62. The maximum atomic E-state index is 5.21. The summed E-state index contributed by atoms with van der Waals surface area (Å²) in [5.41, 5.74) is 3.31. The maximum Gasteiger partial charge on any atom is 0.217 e. The summed E-state index contributed by atoms with van der Waals surface area (Å²) in [5, 5.41) is 12.7. The smallest absolute Gasteiger partial charge is 0.217 e. The fourth-order valence-electron chi connectivity index (χ4n) is 2.83. The number of thiazole rings is 2. The molecule has 0 aliphatic carbocycles. The van der Waals surface area contributed by atoms with E-state index in [1.165, 1.54) is 4.70 Å². The molecule has 5 rings (SSSR count). The maximum absolute atomic E-state index is 5.21. The van der Waals surface area contributed by atoms with Crippen molar-refractivity contribution in [2.45, 2.75) is 10.9 Å². The number of aromatic nitrogens is 4. The van der Waals surface area contributed by atoms with E-state index in [0.717, 1.165) is 43.4 Å². The van der Waals surface area contributed by atoms with Crippen LogP contribution in [0, 0.1) is 0 Å². The van der Waals surface area contributed by atoms with E-state index in [1.54, 1.807) is 41.5 Å². The predicted molar refractivity (Wildman–Crippen MR) is 112 cm³/mol. The van der Waals surface area contributed by atoms with Gasteiger partial charge in [-0.05, 0) is 36.4 Å². The minimum absolute atomic E-state index is 0.762. The van der Waals surface area contributed by atoms with Crippen LogP contribution in [-0.2, 0) is 5.75 Å². The second-order valence-corrected chi connectivity index (χ2v) is 8.64. The topological polar surface area (TPSA) is 52.3 Å². The highest BCUT2D eigenvalue weighted by atomic mass is 32.2. The van der Waals surface area contributed by atoms with Crippen molar-refractivity contribution >= 4 is 49.6 Å². The molecule has 0 N–H and O–H groups in total. The first-order valence-corrected chi connectivity index (χ1v) is 10.9. The van der Waals surface area contributed by atoms with Crippen LogP contribution in [0.1, 0.15) is 5.69 Å². The predicted octanol–water partition coefficient (Wildman–Crippen LogP) is 5.37. The SMILES string of the molecule is COc1ccc(-c2nc(CSc3nnc4sc5ccccc5n34)cs2)cc1. The largest absolute Gasteiger partial charge is 0.497 e. The molecule has 0 aliphatic heterocycles. The second kappa shape index (κ2) is 6.95. The molecule has 134 valence electrons. The van der Waals surface area contributed by atoms with Crippen LogP contribution >= 0.6 is 34.4 Å². The summed E-state index contributed by atoms with van der Waals surface area (Å²) in [6.07, 6.45) is 0. The molecule has 0 radical (unpaired) electrons. The van der Waals surface area contributed by atoms with Crippen LogP contribution < -0.4 is 4.74 Å². The van der Waals surface area contributed by atoms with Crippen molar-refractivity contribution in [2.75, 3.05) is 7.11 Å². The van der Waals surface area contributed by atoms with Gasteiger partial charge in [-0.1, -0.05) is 35.2 Å². The average Bonchev–Trinajstić information content (AvgIpc) is 3.42. The molecule has 0 spiro atoms. The Morgan fingerprint density at radius 3 is 2.78 bits per heavy atom. The number of thioether (sulfide) groups is 1. The molecule has 0 atom stereocenters. The molecule has 5 aromatic rings. The van der Waals surface area contributed by atoms with Gasteiger partial charge in [0.1, 0.15) is 10.8 Å². The second-order valence-electron chi connectivity index (χ2n) is 5.83. The molecule has 0 saturated carbocycles. The molecule has 0 unspecified atom stereocenters. The van der Waals surface area contributed by atoms with Crippen LogP contribution in [0.5, 0.6) is 5.75 Å². The van der Waals surface area contributed by atoms with E-state index in [4.69, 9.17) is 9.72 Å².